The number of nitrogens with one attached hydrogen (secondary N) is 1. The number of nitrogen functional groups attached to an aromatic ring is 1. The summed E-state index contributed by atoms with van der Waals surface area (Å²) in [7, 11) is 0. The third-order valence-electron chi connectivity index (χ3n) is 2.86. The van der Waals surface area contributed by atoms with Gasteiger partial charge in [-0.3, -0.25) is 4.98 Å². The lowest BCUT2D eigenvalue weighted by Gasteiger charge is -2.33. The van der Waals surface area contributed by atoms with Crippen LogP contribution in [0.2, 0.25) is 0 Å². The molecule has 1 aliphatic rings. The van der Waals surface area contributed by atoms with Crippen molar-refractivity contribution in [2.75, 3.05) is 5.73 Å². The average Bonchev–Trinajstić information content (AvgIpc) is 2.13. The van der Waals surface area contributed by atoms with Crippen LogP contribution in [-0.4, -0.2) is 11.0 Å². The molecule has 0 aromatic carbocycles. The van der Waals surface area contributed by atoms with E-state index in [1.54, 1.807) is 6.20 Å². The summed E-state index contributed by atoms with van der Waals surface area (Å²) < 4.78 is 0. The van der Waals surface area contributed by atoms with Crippen molar-refractivity contribution in [1.29, 1.82) is 0 Å². The fraction of sp³-hybridized carbons (Fsp3) is 0.545. The molecular weight excluding hydrogens is 174 g/mol. The molecule has 0 unspecified atom stereocenters. The van der Waals surface area contributed by atoms with Gasteiger partial charge in [-0.05, 0) is 30.9 Å². The monoisotopic (exact) mass is 191 g/mol. The summed E-state index contributed by atoms with van der Waals surface area (Å²) in [5, 5.41) is 3.46. The van der Waals surface area contributed by atoms with Crippen LogP contribution in [0.15, 0.2) is 18.3 Å². The molecule has 76 valence electrons. The fourth-order valence-corrected chi connectivity index (χ4v) is 1.91. The van der Waals surface area contributed by atoms with E-state index < -0.39 is 0 Å². The lowest BCUT2D eigenvalue weighted by molar-refractivity contribution is 0.240. The van der Waals surface area contributed by atoms with Crippen molar-refractivity contribution in [2.24, 2.45) is 5.92 Å². The van der Waals surface area contributed by atoms with Crippen molar-refractivity contribution in [3.63, 3.8) is 0 Å². The van der Waals surface area contributed by atoms with Gasteiger partial charge in [0.2, 0.25) is 0 Å². The third kappa shape index (κ3) is 2.04. The minimum Gasteiger partial charge on any atom is -0.397 e. The minimum absolute atomic E-state index is 0.673. The molecule has 0 amide bonds. The summed E-state index contributed by atoms with van der Waals surface area (Å²) in [6.07, 6.45) is 4.36. The number of pyridine rings is 1. The maximum atomic E-state index is 5.79. The lowest BCUT2D eigenvalue weighted by Crippen LogP contribution is -2.39. The van der Waals surface area contributed by atoms with Gasteiger partial charge in [-0.15, -0.1) is 0 Å². The zero-order valence-corrected chi connectivity index (χ0v) is 8.53. The molecule has 1 aromatic rings. The van der Waals surface area contributed by atoms with Crippen molar-refractivity contribution >= 4 is 5.69 Å². The number of nitrogens with two attached hydrogens (primary N) is 1. The second kappa shape index (κ2) is 3.96. The molecule has 0 atom stereocenters. The number of hydrogen-bond donors (Lipinski definition) is 2. The minimum atomic E-state index is 0.673. The summed E-state index contributed by atoms with van der Waals surface area (Å²) in [4.78, 5) is 4.24. The van der Waals surface area contributed by atoms with Crippen molar-refractivity contribution < 1.29 is 0 Å². The molecule has 1 aromatic heterocycles. The molecular formula is C11H17N3. The smallest absolute Gasteiger partial charge is 0.0770 e. The Morgan fingerprint density at radius 2 is 2.36 bits per heavy atom. The maximum Gasteiger partial charge on any atom is 0.0770 e. The van der Waals surface area contributed by atoms with Gasteiger partial charge in [-0.25, -0.2) is 0 Å². The topological polar surface area (TPSA) is 50.9 Å². The third-order valence-corrected chi connectivity index (χ3v) is 2.86. The van der Waals surface area contributed by atoms with Crippen LogP contribution in [0.5, 0.6) is 0 Å². The molecule has 3 heteroatoms. The van der Waals surface area contributed by atoms with Crippen LogP contribution in [0.4, 0.5) is 5.69 Å². The quantitative estimate of drug-likeness (QED) is 0.762. The Hall–Kier alpha value is -1.09. The van der Waals surface area contributed by atoms with Crippen molar-refractivity contribution in [1.82, 2.24) is 10.3 Å². The predicted molar refractivity (Wildman–Crippen MR) is 57.7 cm³/mol. The Bertz CT molecular complexity index is 305. The van der Waals surface area contributed by atoms with E-state index in [0.717, 1.165) is 23.8 Å². The van der Waals surface area contributed by atoms with E-state index >= 15 is 0 Å². The Balaban J connectivity index is 1.83. The number of nitrogens with zero attached hydrogens (tertiary/aromatic N) is 1. The van der Waals surface area contributed by atoms with Gasteiger partial charge in [0.15, 0.2) is 0 Å². The molecule has 0 saturated heterocycles. The summed E-state index contributed by atoms with van der Waals surface area (Å²) in [5.74, 6) is 0.883. The molecule has 1 fully saturated rings. The van der Waals surface area contributed by atoms with Gasteiger partial charge >= 0.3 is 0 Å². The molecule has 0 radical (unpaired) electrons. The summed E-state index contributed by atoms with van der Waals surface area (Å²) in [6, 6.07) is 4.43. The summed E-state index contributed by atoms with van der Waals surface area (Å²) >= 11 is 0. The first kappa shape index (κ1) is 9.46. The van der Waals surface area contributed by atoms with Crippen molar-refractivity contribution in [3.05, 3.63) is 24.0 Å². The number of aromatic nitrogens is 1. The summed E-state index contributed by atoms with van der Waals surface area (Å²) in [6.45, 7) is 3.08. The number of rotatable bonds is 3. The first-order valence-electron chi connectivity index (χ1n) is 5.18. The van der Waals surface area contributed by atoms with Gasteiger partial charge in [0, 0.05) is 18.8 Å². The highest BCUT2D eigenvalue weighted by Gasteiger charge is 2.24. The zero-order chi connectivity index (χ0) is 9.97. The van der Waals surface area contributed by atoms with Gasteiger partial charge in [-0.2, -0.15) is 0 Å². The second-order valence-corrected chi connectivity index (χ2v) is 4.19. The molecule has 1 saturated carbocycles. The van der Waals surface area contributed by atoms with Gasteiger partial charge in [-0.1, -0.05) is 6.92 Å². The van der Waals surface area contributed by atoms with E-state index in [1.807, 2.05) is 12.1 Å². The normalized spacial score (nSPS) is 25.8. The molecule has 0 aliphatic heterocycles. The molecule has 3 nitrogen and oxygen atoms in total. The van der Waals surface area contributed by atoms with Crippen LogP contribution < -0.4 is 11.1 Å². The van der Waals surface area contributed by atoms with Crippen molar-refractivity contribution in [2.45, 2.75) is 32.4 Å². The average molecular weight is 191 g/mol. The summed E-state index contributed by atoms with van der Waals surface area (Å²) in [5.41, 5.74) is 7.54. The Morgan fingerprint density at radius 3 is 3.00 bits per heavy atom. The molecule has 0 bridgehead atoms. The standard InChI is InChI=1S/C11H17N3/c1-8-5-9(6-8)14-7-11-10(12)3-2-4-13-11/h2-4,8-9,14H,5-7,12H2,1H3. The SMILES string of the molecule is CC1CC(NCc2ncccc2N)C1. The maximum absolute atomic E-state index is 5.79. The van der Waals surface area contributed by atoms with E-state index in [9.17, 15) is 0 Å². The van der Waals surface area contributed by atoms with Gasteiger partial charge in [0.25, 0.3) is 0 Å². The first-order chi connectivity index (χ1) is 6.75. The van der Waals surface area contributed by atoms with Crippen LogP contribution in [0.3, 0.4) is 0 Å². The van der Waals surface area contributed by atoms with Crippen molar-refractivity contribution in [3.8, 4) is 0 Å². The second-order valence-electron chi connectivity index (χ2n) is 4.19. The van der Waals surface area contributed by atoms with Crippen LogP contribution in [-0.2, 0) is 6.54 Å². The molecule has 14 heavy (non-hydrogen) atoms. The van der Waals surface area contributed by atoms with Gasteiger partial charge in [0.05, 0.1) is 11.4 Å². The Labute approximate surface area is 84.7 Å². The molecule has 0 spiro atoms. The van der Waals surface area contributed by atoms with Gasteiger partial charge < -0.3 is 11.1 Å². The molecule has 3 N–H and O–H groups in total. The van der Waals surface area contributed by atoms with E-state index in [2.05, 4.69) is 17.2 Å². The number of hydrogen-bond acceptors (Lipinski definition) is 3. The lowest BCUT2D eigenvalue weighted by atomic mass is 9.82. The van der Waals surface area contributed by atoms with Crippen LogP contribution in [0.1, 0.15) is 25.5 Å². The fourth-order valence-electron chi connectivity index (χ4n) is 1.91. The Kier molecular flexibility index (Phi) is 2.68. The number of anilines is 1. The largest absolute Gasteiger partial charge is 0.397 e. The Morgan fingerprint density at radius 1 is 1.57 bits per heavy atom. The van der Waals surface area contributed by atoms with Crippen LogP contribution >= 0.6 is 0 Å². The van der Waals surface area contributed by atoms with Crippen LogP contribution in [0, 0.1) is 5.92 Å². The highest BCUT2D eigenvalue weighted by molar-refractivity contribution is 5.41. The molecule has 1 heterocycles. The molecule has 1 aliphatic carbocycles. The highest BCUT2D eigenvalue weighted by atomic mass is 14.9. The zero-order valence-electron chi connectivity index (χ0n) is 8.53. The van der Waals surface area contributed by atoms with E-state index in [1.165, 1.54) is 12.8 Å². The van der Waals surface area contributed by atoms with E-state index in [-0.39, 0.29) is 0 Å². The van der Waals surface area contributed by atoms with E-state index in [0.29, 0.717) is 6.04 Å². The highest BCUT2D eigenvalue weighted by Crippen LogP contribution is 2.26. The molecule has 2 rings (SSSR count). The van der Waals surface area contributed by atoms with Gasteiger partial charge in [0.1, 0.15) is 0 Å². The van der Waals surface area contributed by atoms with E-state index in [4.69, 9.17) is 5.73 Å². The predicted octanol–water partition coefficient (Wildman–Crippen LogP) is 1.55. The van der Waals surface area contributed by atoms with Crippen LogP contribution in [0.25, 0.3) is 0 Å². The first-order valence-corrected chi connectivity index (χ1v) is 5.18.